The Hall–Kier alpha value is -2.53. The Kier molecular flexibility index (Phi) is 5.98. The van der Waals surface area contributed by atoms with Crippen molar-refractivity contribution in [1.29, 1.82) is 0 Å². The van der Waals surface area contributed by atoms with Crippen LogP contribution in [0.5, 0.6) is 0 Å². The third-order valence-electron chi connectivity index (χ3n) is 6.16. The summed E-state index contributed by atoms with van der Waals surface area (Å²) in [6.07, 6.45) is 7.97. The molecule has 2 fully saturated rings. The van der Waals surface area contributed by atoms with Crippen molar-refractivity contribution in [1.82, 2.24) is 18.8 Å². The highest BCUT2D eigenvalue weighted by molar-refractivity contribution is 7.88. The summed E-state index contributed by atoms with van der Waals surface area (Å²) >= 11 is 0. The summed E-state index contributed by atoms with van der Waals surface area (Å²) in [7, 11) is -3.18. The molecule has 0 bridgehead atoms. The number of anilines is 1. The summed E-state index contributed by atoms with van der Waals surface area (Å²) in [4.78, 5) is 33.6. The van der Waals surface area contributed by atoms with E-state index in [1.165, 1.54) is 10.6 Å². The van der Waals surface area contributed by atoms with Crippen molar-refractivity contribution in [3.05, 3.63) is 28.2 Å². The number of fused-ring (bicyclic) bond motifs is 1. The smallest absolute Gasteiger partial charge is 0.256 e. The van der Waals surface area contributed by atoms with Crippen molar-refractivity contribution in [2.75, 3.05) is 24.7 Å². The number of pyridine rings is 1. The topological polar surface area (TPSA) is 140 Å². The number of nitrogens with one attached hydrogen (secondary N) is 1. The first-order valence-electron chi connectivity index (χ1n) is 10.6. The Morgan fingerprint density at radius 1 is 1.23 bits per heavy atom. The van der Waals surface area contributed by atoms with Crippen LogP contribution in [0.25, 0.3) is 11.0 Å². The highest BCUT2D eigenvalue weighted by Crippen LogP contribution is 2.31. The molecule has 2 aromatic rings. The summed E-state index contributed by atoms with van der Waals surface area (Å²) in [6.45, 7) is 0.903. The van der Waals surface area contributed by atoms with Crippen LogP contribution in [0, 0.1) is 0 Å². The number of aromatic nitrogens is 3. The highest BCUT2D eigenvalue weighted by Gasteiger charge is 2.26. The third-order valence-corrected chi connectivity index (χ3v) is 7.46. The second-order valence-corrected chi connectivity index (χ2v) is 10.5. The molecule has 2 aromatic heterocycles. The predicted molar refractivity (Wildman–Crippen MR) is 117 cm³/mol. The van der Waals surface area contributed by atoms with E-state index in [1.54, 1.807) is 16.8 Å². The molecule has 2 aliphatic rings. The van der Waals surface area contributed by atoms with Gasteiger partial charge in [0.15, 0.2) is 0 Å². The quantitative estimate of drug-likeness (QED) is 0.665. The largest absolute Gasteiger partial charge is 0.369 e. The van der Waals surface area contributed by atoms with E-state index in [9.17, 15) is 18.0 Å². The van der Waals surface area contributed by atoms with Gasteiger partial charge in [-0.25, -0.2) is 17.7 Å². The van der Waals surface area contributed by atoms with Gasteiger partial charge in [0.2, 0.25) is 21.9 Å². The monoisotopic (exact) mass is 448 g/mol. The van der Waals surface area contributed by atoms with E-state index in [0.717, 1.165) is 25.7 Å². The van der Waals surface area contributed by atoms with Gasteiger partial charge < -0.3 is 11.1 Å². The fourth-order valence-electron chi connectivity index (χ4n) is 4.58. The molecule has 0 atom stereocenters. The molecule has 4 rings (SSSR count). The number of amides is 1. The number of hydrogen-bond acceptors (Lipinski definition) is 7. The molecule has 0 aromatic carbocycles. The zero-order valence-corrected chi connectivity index (χ0v) is 18.4. The van der Waals surface area contributed by atoms with Crippen LogP contribution in [-0.4, -0.2) is 58.6 Å². The minimum absolute atomic E-state index is 0.0450. The molecule has 1 aliphatic carbocycles. The zero-order chi connectivity index (χ0) is 22.2. The van der Waals surface area contributed by atoms with Gasteiger partial charge in [0, 0.05) is 42.3 Å². The van der Waals surface area contributed by atoms with Gasteiger partial charge >= 0.3 is 0 Å². The number of nitrogens with zero attached hydrogens (tertiary/aromatic N) is 4. The molecule has 1 amide bonds. The van der Waals surface area contributed by atoms with E-state index in [-0.39, 0.29) is 24.1 Å². The molecule has 11 heteroatoms. The van der Waals surface area contributed by atoms with E-state index in [1.807, 2.05) is 0 Å². The SMILES string of the molecule is CS(=O)(=O)N1CCC(Nc2ncc3cc(CC(N)=O)c(=O)n(C4CCCC4)c3n2)CC1. The maximum Gasteiger partial charge on any atom is 0.256 e. The van der Waals surface area contributed by atoms with Crippen molar-refractivity contribution < 1.29 is 13.2 Å². The Bertz CT molecular complexity index is 1150. The lowest BCUT2D eigenvalue weighted by Crippen LogP contribution is -2.42. The summed E-state index contributed by atoms with van der Waals surface area (Å²) in [5.41, 5.74) is 6.04. The molecule has 10 nitrogen and oxygen atoms in total. The first kappa shape index (κ1) is 21.7. The first-order chi connectivity index (χ1) is 14.7. The minimum Gasteiger partial charge on any atom is -0.369 e. The van der Waals surface area contributed by atoms with Gasteiger partial charge in [-0.1, -0.05) is 12.8 Å². The number of nitrogens with two attached hydrogens (primary N) is 1. The van der Waals surface area contributed by atoms with Crippen LogP contribution in [0.15, 0.2) is 17.1 Å². The van der Waals surface area contributed by atoms with Gasteiger partial charge in [0.05, 0.1) is 12.7 Å². The number of primary amides is 1. The Labute approximate surface area is 180 Å². The van der Waals surface area contributed by atoms with Crippen molar-refractivity contribution in [2.45, 2.75) is 57.0 Å². The van der Waals surface area contributed by atoms with Crippen LogP contribution in [-0.2, 0) is 21.2 Å². The second kappa shape index (κ2) is 8.54. The van der Waals surface area contributed by atoms with E-state index < -0.39 is 15.9 Å². The van der Waals surface area contributed by atoms with E-state index in [2.05, 4.69) is 15.3 Å². The molecule has 1 saturated carbocycles. The van der Waals surface area contributed by atoms with Crippen LogP contribution in [0.3, 0.4) is 0 Å². The molecular weight excluding hydrogens is 420 g/mol. The number of carbonyl (C=O) groups excluding carboxylic acids is 1. The van der Waals surface area contributed by atoms with Gasteiger partial charge in [-0.3, -0.25) is 14.2 Å². The lowest BCUT2D eigenvalue weighted by atomic mass is 10.1. The zero-order valence-electron chi connectivity index (χ0n) is 17.6. The average molecular weight is 449 g/mol. The molecule has 3 N–H and O–H groups in total. The molecule has 0 spiro atoms. The van der Waals surface area contributed by atoms with Crippen LogP contribution < -0.4 is 16.6 Å². The highest BCUT2D eigenvalue weighted by atomic mass is 32.2. The predicted octanol–water partition coefficient (Wildman–Crippen LogP) is 0.770. The van der Waals surface area contributed by atoms with Gasteiger partial charge in [-0.05, 0) is 31.7 Å². The van der Waals surface area contributed by atoms with Crippen molar-refractivity contribution in [3.8, 4) is 0 Å². The Morgan fingerprint density at radius 3 is 2.52 bits per heavy atom. The van der Waals surface area contributed by atoms with E-state index in [4.69, 9.17) is 5.73 Å². The normalized spacial score (nSPS) is 19.1. The molecule has 1 aliphatic heterocycles. The number of sulfonamides is 1. The number of piperidine rings is 1. The second-order valence-electron chi connectivity index (χ2n) is 8.48. The average Bonchev–Trinajstić information content (AvgIpc) is 3.22. The lowest BCUT2D eigenvalue weighted by molar-refractivity contribution is -0.117. The molecule has 0 radical (unpaired) electrons. The van der Waals surface area contributed by atoms with Crippen molar-refractivity contribution in [2.24, 2.45) is 5.73 Å². The summed E-state index contributed by atoms with van der Waals surface area (Å²) < 4.78 is 26.6. The first-order valence-corrected chi connectivity index (χ1v) is 12.5. The molecule has 31 heavy (non-hydrogen) atoms. The summed E-state index contributed by atoms with van der Waals surface area (Å²) in [5.74, 6) is -0.131. The molecule has 168 valence electrons. The number of hydrogen-bond donors (Lipinski definition) is 2. The van der Waals surface area contributed by atoms with Crippen LogP contribution >= 0.6 is 0 Å². The molecule has 0 unspecified atom stereocenters. The minimum atomic E-state index is -3.18. The van der Waals surface area contributed by atoms with Crippen LogP contribution in [0.1, 0.15) is 50.1 Å². The van der Waals surface area contributed by atoms with Crippen LogP contribution in [0.4, 0.5) is 5.95 Å². The maximum absolute atomic E-state index is 13.1. The fourth-order valence-corrected chi connectivity index (χ4v) is 5.45. The summed E-state index contributed by atoms with van der Waals surface area (Å²) in [5, 5.41) is 3.99. The maximum atomic E-state index is 13.1. The summed E-state index contributed by atoms with van der Waals surface area (Å²) in [6, 6.07) is 1.75. The van der Waals surface area contributed by atoms with Gasteiger partial charge in [0.1, 0.15) is 5.65 Å². The fraction of sp³-hybridized carbons (Fsp3) is 0.600. The van der Waals surface area contributed by atoms with Crippen LogP contribution in [0.2, 0.25) is 0 Å². The van der Waals surface area contributed by atoms with Gasteiger partial charge in [-0.2, -0.15) is 4.98 Å². The molecule has 1 saturated heterocycles. The lowest BCUT2D eigenvalue weighted by Gasteiger charge is -2.30. The van der Waals surface area contributed by atoms with E-state index >= 15 is 0 Å². The number of rotatable bonds is 6. The van der Waals surface area contributed by atoms with Crippen molar-refractivity contribution >= 4 is 32.9 Å². The Balaban J connectivity index is 1.64. The van der Waals surface area contributed by atoms with Gasteiger partial charge in [0.25, 0.3) is 5.56 Å². The number of carbonyl (C=O) groups is 1. The third kappa shape index (κ3) is 4.72. The van der Waals surface area contributed by atoms with Crippen molar-refractivity contribution in [3.63, 3.8) is 0 Å². The Morgan fingerprint density at radius 2 is 1.90 bits per heavy atom. The van der Waals surface area contributed by atoms with Gasteiger partial charge in [-0.15, -0.1) is 0 Å². The van der Waals surface area contributed by atoms with E-state index in [0.29, 0.717) is 48.5 Å². The molecular formula is C20H28N6O4S. The standard InChI is InChI=1S/C20H28N6O4S/c1-31(29,30)25-8-6-15(7-9-25)23-20-22-12-14-10-13(11-17(21)27)19(28)26(18(14)24-20)16-4-2-3-5-16/h10,12,15-16H,2-9,11H2,1H3,(H2,21,27)(H,22,23,24). The molecule has 3 heterocycles.